The van der Waals surface area contributed by atoms with Gasteiger partial charge in [0, 0.05) is 19.6 Å². The Morgan fingerprint density at radius 1 is 1.15 bits per heavy atom. The zero-order chi connectivity index (χ0) is 18.6. The van der Waals surface area contributed by atoms with Crippen LogP contribution in [-0.4, -0.2) is 52.6 Å². The van der Waals surface area contributed by atoms with Crippen molar-refractivity contribution in [1.82, 2.24) is 10.2 Å². The number of nitrogens with two attached hydrogens (primary N) is 1. The second-order valence-electron chi connectivity index (χ2n) is 7.67. The molecular formula is C20H29N3O3. The minimum absolute atomic E-state index is 0.0800. The molecule has 1 unspecified atom stereocenters. The number of primary amides is 1. The van der Waals surface area contributed by atoms with E-state index in [1.165, 1.54) is 5.56 Å². The number of amides is 2. The fourth-order valence-electron chi connectivity index (χ4n) is 4.16. The van der Waals surface area contributed by atoms with E-state index >= 15 is 0 Å². The lowest BCUT2D eigenvalue weighted by molar-refractivity contribution is -0.157. The molecule has 0 radical (unpaired) electrons. The third-order valence-electron chi connectivity index (χ3n) is 5.86. The largest absolute Gasteiger partial charge is 0.379 e. The highest BCUT2D eigenvalue weighted by Crippen LogP contribution is 2.31. The number of likely N-dealkylation sites (tertiary alicyclic amines) is 1. The van der Waals surface area contributed by atoms with Crippen molar-refractivity contribution in [2.45, 2.75) is 56.1 Å². The molecule has 26 heavy (non-hydrogen) atoms. The van der Waals surface area contributed by atoms with Crippen LogP contribution in [-0.2, 0) is 16.0 Å². The number of aliphatic hydroxyl groups is 1. The third kappa shape index (κ3) is 3.91. The summed E-state index contributed by atoms with van der Waals surface area (Å²) in [6.45, 7) is 1.33. The smallest absolute Gasteiger partial charge is 0.255 e. The lowest BCUT2D eigenvalue weighted by Gasteiger charge is -2.40. The minimum atomic E-state index is -1.46. The third-order valence-corrected chi connectivity index (χ3v) is 5.86. The highest BCUT2D eigenvalue weighted by Gasteiger charge is 2.46. The molecule has 1 aliphatic heterocycles. The van der Waals surface area contributed by atoms with Crippen molar-refractivity contribution in [2.75, 3.05) is 19.6 Å². The molecule has 6 nitrogen and oxygen atoms in total. The van der Waals surface area contributed by atoms with Crippen LogP contribution in [0.2, 0.25) is 0 Å². The Hall–Kier alpha value is -1.92. The summed E-state index contributed by atoms with van der Waals surface area (Å²) in [4.78, 5) is 26.5. The van der Waals surface area contributed by atoms with Gasteiger partial charge in [0.2, 0.25) is 5.91 Å². The average Bonchev–Trinajstić information content (AvgIpc) is 3.13. The number of hydrogen-bond acceptors (Lipinski definition) is 4. The van der Waals surface area contributed by atoms with Crippen LogP contribution in [0, 0.1) is 0 Å². The fraction of sp³-hybridized carbons (Fsp3) is 0.600. The summed E-state index contributed by atoms with van der Waals surface area (Å²) in [5.74, 6) is -0.632. The van der Waals surface area contributed by atoms with E-state index in [2.05, 4.69) is 5.32 Å². The quantitative estimate of drug-likeness (QED) is 0.676. The summed E-state index contributed by atoms with van der Waals surface area (Å²) >= 11 is 0. The van der Waals surface area contributed by atoms with E-state index in [1.54, 1.807) is 4.90 Å². The monoisotopic (exact) mass is 359 g/mol. The number of benzene rings is 1. The molecule has 3 rings (SSSR count). The lowest BCUT2D eigenvalue weighted by Crippen LogP contribution is -2.63. The van der Waals surface area contributed by atoms with Crippen molar-refractivity contribution in [3.05, 3.63) is 35.9 Å². The van der Waals surface area contributed by atoms with Gasteiger partial charge in [0.1, 0.15) is 0 Å². The van der Waals surface area contributed by atoms with Crippen LogP contribution in [0.15, 0.2) is 30.3 Å². The zero-order valence-electron chi connectivity index (χ0n) is 15.2. The first-order valence-electron chi connectivity index (χ1n) is 9.56. The standard InChI is InChI=1S/C20H29N3O3/c21-17(24)19(10-4-5-11-19)22-15-20(26)12-6-13-23(18(20)25)14-9-16-7-2-1-3-8-16/h1-3,7-8,22,26H,4-6,9-15H2,(H2,21,24). The van der Waals surface area contributed by atoms with Crippen molar-refractivity contribution < 1.29 is 14.7 Å². The molecule has 1 saturated heterocycles. The molecule has 0 aromatic heterocycles. The van der Waals surface area contributed by atoms with E-state index in [9.17, 15) is 14.7 Å². The molecule has 1 aromatic rings. The zero-order valence-corrected chi connectivity index (χ0v) is 15.2. The van der Waals surface area contributed by atoms with Crippen molar-refractivity contribution in [3.8, 4) is 0 Å². The lowest BCUT2D eigenvalue weighted by atomic mass is 9.89. The van der Waals surface area contributed by atoms with Crippen molar-refractivity contribution in [3.63, 3.8) is 0 Å². The maximum Gasteiger partial charge on any atom is 0.255 e. The van der Waals surface area contributed by atoms with Crippen LogP contribution < -0.4 is 11.1 Å². The van der Waals surface area contributed by atoms with Gasteiger partial charge in [-0.2, -0.15) is 0 Å². The molecule has 1 aliphatic carbocycles. The summed E-state index contributed by atoms with van der Waals surface area (Å²) in [5.41, 5.74) is 4.53. The second kappa shape index (κ2) is 7.76. The van der Waals surface area contributed by atoms with Gasteiger partial charge in [0.15, 0.2) is 5.60 Å². The Bertz CT molecular complexity index is 643. The molecule has 142 valence electrons. The predicted molar refractivity (Wildman–Crippen MR) is 99.3 cm³/mol. The van der Waals surface area contributed by atoms with Gasteiger partial charge in [-0.05, 0) is 37.7 Å². The van der Waals surface area contributed by atoms with Crippen LogP contribution in [0.25, 0.3) is 0 Å². The van der Waals surface area contributed by atoms with Gasteiger partial charge < -0.3 is 15.7 Å². The van der Waals surface area contributed by atoms with E-state index < -0.39 is 11.1 Å². The Kier molecular flexibility index (Phi) is 5.63. The Morgan fingerprint density at radius 2 is 1.85 bits per heavy atom. The van der Waals surface area contributed by atoms with Gasteiger partial charge in [-0.15, -0.1) is 0 Å². The molecule has 4 N–H and O–H groups in total. The number of hydrogen-bond donors (Lipinski definition) is 3. The SMILES string of the molecule is NC(=O)C1(NCC2(O)CCCN(CCc3ccccc3)C2=O)CCCC1. The highest BCUT2D eigenvalue weighted by molar-refractivity contribution is 5.87. The molecule has 1 atom stereocenters. The summed E-state index contributed by atoms with van der Waals surface area (Å²) in [6, 6.07) is 10.0. The number of rotatable bonds is 7. The minimum Gasteiger partial charge on any atom is -0.379 e. The average molecular weight is 359 g/mol. The van der Waals surface area contributed by atoms with Crippen LogP contribution in [0.3, 0.4) is 0 Å². The van der Waals surface area contributed by atoms with Crippen LogP contribution in [0.4, 0.5) is 0 Å². The van der Waals surface area contributed by atoms with Crippen LogP contribution in [0.5, 0.6) is 0 Å². The van der Waals surface area contributed by atoms with Crippen molar-refractivity contribution in [1.29, 1.82) is 0 Å². The van der Waals surface area contributed by atoms with Gasteiger partial charge in [0.05, 0.1) is 5.54 Å². The molecule has 0 spiro atoms. The Morgan fingerprint density at radius 3 is 2.50 bits per heavy atom. The van der Waals surface area contributed by atoms with E-state index in [-0.39, 0.29) is 18.4 Å². The Balaban J connectivity index is 1.61. The number of nitrogens with one attached hydrogen (secondary N) is 1. The molecule has 0 bridgehead atoms. The number of carbonyl (C=O) groups excluding carboxylic acids is 2. The molecule has 1 aromatic carbocycles. The fourth-order valence-corrected chi connectivity index (χ4v) is 4.16. The summed E-state index contributed by atoms with van der Waals surface area (Å²) in [6.07, 6.45) is 5.14. The Labute approximate surface area is 154 Å². The van der Waals surface area contributed by atoms with Gasteiger partial charge in [-0.25, -0.2) is 0 Å². The van der Waals surface area contributed by atoms with Crippen LogP contribution in [0.1, 0.15) is 44.1 Å². The van der Waals surface area contributed by atoms with Gasteiger partial charge in [-0.1, -0.05) is 43.2 Å². The molecular weight excluding hydrogens is 330 g/mol. The number of piperidine rings is 1. The van der Waals surface area contributed by atoms with Gasteiger partial charge in [-0.3, -0.25) is 14.9 Å². The molecule has 2 fully saturated rings. The molecule has 6 heteroatoms. The number of nitrogens with zero attached hydrogens (tertiary/aromatic N) is 1. The van der Waals surface area contributed by atoms with Gasteiger partial charge >= 0.3 is 0 Å². The normalized spacial score (nSPS) is 25.4. The summed E-state index contributed by atoms with van der Waals surface area (Å²) < 4.78 is 0. The number of β-amino-alcohol motifs (C(OH)–C–C–N with tert-alkyl or cyclic N) is 1. The first-order chi connectivity index (χ1) is 12.5. The molecule has 2 aliphatic rings. The maximum absolute atomic E-state index is 12.9. The molecule has 1 heterocycles. The van der Waals surface area contributed by atoms with Crippen molar-refractivity contribution in [2.24, 2.45) is 5.73 Å². The summed E-state index contributed by atoms with van der Waals surface area (Å²) in [7, 11) is 0. The topological polar surface area (TPSA) is 95.7 Å². The maximum atomic E-state index is 12.9. The van der Waals surface area contributed by atoms with Crippen molar-refractivity contribution >= 4 is 11.8 Å². The second-order valence-corrected chi connectivity index (χ2v) is 7.67. The summed E-state index contributed by atoms with van der Waals surface area (Å²) in [5, 5.41) is 14.1. The predicted octanol–water partition coefficient (Wildman–Crippen LogP) is 0.970. The van der Waals surface area contributed by atoms with E-state index in [4.69, 9.17) is 5.73 Å². The number of carbonyl (C=O) groups is 2. The first-order valence-corrected chi connectivity index (χ1v) is 9.56. The van der Waals surface area contributed by atoms with Gasteiger partial charge in [0.25, 0.3) is 5.91 Å². The first kappa shape index (κ1) is 18.9. The van der Waals surface area contributed by atoms with Crippen LogP contribution >= 0.6 is 0 Å². The van der Waals surface area contributed by atoms with E-state index in [0.717, 1.165) is 25.7 Å². The van der Waals surface area contributed by atoms with E-state index in [1.807, 2.05) is 30.3 Å². The molecule has 2 amide bonds. The van der Waals surface area contributed by atoms with E-state index in [0.29, 0.717) is 32.4 Å². The molecule has 1 saturated carbocycles. The highest BCUT2D eigenvalue weighted by atomic mass is 16.3.